The van der Waals surface area contributed by atoms with Crippen molar-refractivity contribution in [2.75, 3.05) is 5.32 Å². The minimum atomic E-state index is 0.790. The van der Waals surface area contributed by atoms with E-state index in [4.69, 9.17) is 0 Å². The van der Waals surface area contributed by atoms with E-state index in [2.05, 4.69) is 77.1 Å². The molecule has 0 spiro atoms. The van der Waals surface area contributed by atoms with Gasteiger partial charge in [0.1, 0.15) is 5.82 Å². The molecule has 0 atom stereocenters. The summed E-state index contributed by atoms with van der Waals surface area (Å²) in [6, 6.07) is 8.10. The SMILES string of the molecule is Cc1ccc(Nc2ncc(Br)cc2Br)c(Br)c1. The van der Waals surface area contributed by atoms with E-state index in [-0.39, 0.29) is 0 Å². The highest BCUT2D eigenvalue weighted by Gasteiger charge is 2.05. The number of benzene rings is 1. The van der Waals surface area contributed by atoms with Crippen molar-refractivity contribution >= 4 is 59.3 Å². The smallest absolute Gasteiger partial charge is 0.144 e. The topological polar surface area (TPSA) is 24.9 Å². The van der Waals surface area contributed by atoms with Crippen LogP contribution in [0.1, 0.15) is 5.56 Å². The standard InChI is InChI=1S/C12H9Br3N2/c1-7-2-3-11(9(14)4-7)17-12-10(15)5-8(13)6-16-12/h2-6H,1H3,(H,16,17). The van der Waals surface area contributed by atoms with Crippen molar-refractivity contribution in [3.05, 3.63) is 49.4 Å². The highest BCUT2D eigenvalue weighted by atomic mass is 79.9. The molecule has 0 saturated heterocycles. The molecule has 0 bridgehead atoms. The number of hydrogen-bond acceptors (Lipinski definition) is 2. The Balaban J connectivity index is 2.31. The van der Waals surface area contributed by atoms with Crippen LogP contribution < -0.4 is 5.32 Å². The van der Waals surface area contributed by atoms with Crippen molar-refractivity contribution in [1.82, 2.24) is 4.98 Å². The molecule has 0 aliphatic rings. The van der Waals surface area contributed by atoms with Gasteiger partial charge in [0, 0.05) is 15.1 Å². The normalized spacial score (nSPS) is 10.4. The molecule has 0 amide bonds. The molecule has 1 aromatic heterocycles. The molecule has 0 saturated carbocycles. The molecule has 0 fully saturated rings. The largest absolute Gasteiger partial charge is 0.338 e. The van der Waals surface area contributed by atoms with Crippen molar-refractivity contribution in [3.8, 4) is 0 Å². The molecule has 17 heavy (non-hydrogen) atoms. The lowest BCUT2D eigenvalue weighted by Gasteiger charge is -2.10. The predicted octanol–water partition coefficient (Wildman–Crippen LogP) is 5.42. The first-order chi connectivity index (χ1) is 8.06. The fourth-order valence-electron chi connectivity index (χ4n) is 1.36. The summed E-state index contributed by atoms with van der Waals surface area (Å²) in [5.74, 6) is 0.790. The molecule has 0 aliphatic heterocycles. The first-order valence-electron chi connectivity index (χ1n) is 4.90. The van der Waals surface area contributed by atoms with Crippen LogP contribution in [-0.4, -0.2) is 4.98 Å². The van der Waals surface area contributed by atoms with Crippen LogP contribution in [0.25, 0.3) is 0 Å². The Morgan fingerprint density at radius 3 is 2.47 bits per heavy atom. The van der Waals surface area contributed by atoms with Crippen LogP contribution in [0.5, 0.6) is 0 Å². The Morgan fingerprint density at radius 2 is 1.82 bits per heavy atom. The average Bonchev–Trinajstić information content (AvgIpc) is 2.25. The maximum absolute atomic E-state index is 4.31. The van der Waals surface area contributed by atoms with Gasteiger partial charge in [0.15, 0.2) is 0 Å². The summed E-state index contributed by atoms with van der Waals surface area (Å²) < 4.78 is 2.88. The van der Waals surface area contributed by atoms with Crippen LogP contribution in [0.3, 0.4) is 0 Å². The van der Waals surface area contributed by atoms with Crippen molar-refractivity contribution < 1.29 is 0 Å². The zero-order valence-electron chi connectivity index (χ0n) is 8.97. The summed E-state index contributed by atoms with van der Waals surface area (Å²) in [5.41, 5.74) is 2.20. The molecular weight excluding hydrogens is 412 g/mol. The van der Waals surface area contributed by atoms with E-state index in [0.29, 0.717) is 0 Å². The summed E-state index contributed by atoms with van der Waals surface area (Å²) in [5, 5.41) is 3.27. The number of aromatic nitrogens is 1. The fraction of sp³-hybridized carbons (Fsp3) is 0.0833. The van der Waals surface area contributed by atoms with Gasteiger partial charge in [-0.15, -0.1) is 0 Å². The molecule has 5 heteroatoms. The molecular formula is C12H9Br3N2. The number of halogens is 3. The monoisotopic (exact) mass is 418 g/mol. The maximum Gasteiger partial charge on any atom is 0.144 e. The van der Waals surface area contributed by atoms with E-state index in [1.54, 1.807) is 6.20 Å². The minimum absolute atomic E-state index is 0.790. The Bertz CT molecular complexity index is 506. The van der Waals surface area contributed by atoms with E-state index in [0.717, 1.165) is 24.9 Å². The number of rotatable bonds is 2. The van der Waals surface area contributed by atoms with Gasteiger partial charge in [-0.2, -0.15) is 0 Å². The summed E-state index contributed by atoms with van der Waals surface area (Å²) in [6.45, 7) is 2.06. The number of hydrogen-bond donors (Lipinski definition) is 1. The molecule has 88 valence electrons. The summed E-state index contributed by atoms with van der Waals surface area (Å²) in [6.07, 6.45) is 1.76. The van der Waals surface area contributed by atoms with Crippen LogP contribution in [0.15, 0.2) is 43.9 Å². The number of nitrogens with one attached hydrogen (secondary N) is 1. The van der Waals surface area contributed by atoms with Crippen LogP contribution in [0.4, 0.5) is 11.5 Å². The second-order valence-corrected chi connectivity index (χ2v) is 6.22. The van der Waals surface area contributed by atoms with E-state index in [1.165, 1.54) is 5.56 Å². The predicted molar refractivity (Wildman–Crippen MR) is 81.8 cm³/mol. The van der Waals surface area contributed by atoms with Crippen LogP contribution >= 0.6 is 47.8 Å². The van der Waals surface area contributed by atoms with E-state index < -0.39 is 0 Å². The molecule has 0 aliphatic carbocycles. The highest BCUT2D eigenvalue weighted by molar-refractivity contribution is 9.11. The number of anilines is 2. The van der Waals surface area contributed by atoms with Crippen LogP contribution in [0, 0.1) is 6.92 Å². The molecule has 2 aromatic rings. The lowest BCUT2D eigenvalue weighted by molar-refractivity contribution is 1.27. The van der Waals surface area contributed by atoms with Crippen molar-refractivity contribution in [2.24, 2.45) is 0 Å². The molecule has 0 unspecified atom stereocenters. The molecule has 1 aromatic carbocycles. The van der Waals surface area contributed by atoms with Gasteiger partial charge in [-0.25, -0.2) is 4.98 Å². The van der Waals surface area contributed by atoms with E-state index in [1.807, 2.05) is 12.1 Å². The van der Waals surface area contributed by atoms with E-state index >= 15 is 0 Å². The van der Waals surface area contributed by atoms with Gasteiger partial charge < -0.3 is 5.32 Å². The fourth-order valence-corrected chi connectivity index (χ4v) is 3.03. The van der Waals surface area contributed by atoms with Gasteiger partial charge in [0.2, 0.25) is 0 Å². The third-order valence-corrected chi connectivity index (χ3v) is 3.88. The first-order valence-corrected chi connectivity index (χ1v) is 7.28. The highest BCUT2D eigenvalue weighted by Crippen LogP contribution is 2.30. The molecule has 1 heterocycles. The number of nitrogens with zero attached hydrogens (tertiary/aromatic N) is 1. The van der Waals surface area contributed by atoms with Crippen LogP contribution in [0.2, 0.25) is 0 Å². The Morgan fingerprint density at radius 1 is 1.06 bits per heavy atom. The first kappa shape index (κ1) is 13.1. The zero-order valence-corrected chi connectivity index (χ0v) is 13.7. The van der Waals surface area contributed by atoms with Gasteiger partial charge in [-0.1, -0.05) is 6.07 Å². The quantitative estimate of drug-likeness (QED) is 0.701. The van der Waals surface area contributed by atoms with Gasteiger partial charge in [0.05, 0.1) is 10.2 Å². The Hall–Kier alpha value is -0.390. The lowest BCUT2D eigenvalue weighted by Crippen LogP contribution is -1.95. The molecule has 0 radical (unpaired) electrons. The summed E-state index contributed by atoms with van der Waals surface area (Å²) >= 11 is 10.4. The van der Waals surface area contributed by atoms with Gasteiger partial charge in [-0.05, 0) is 78.5 Å². The summed E-state index contributed by atoms with van der Waals surface area (Å²) in [7, 11) is 0. The Kier molecular flexibility index (Phi) is 4.22. The second kappa shape index (κ2) is 5.50. The lowest BCUT2D eigenvalue weighted by atomic mass is 10.2. The summed E-state index contributed by atoms with van der Waals surface area (Å²) in [4.78, 5) is 4.31. The van der Waals surface area contributed by atoms with Crippen molar-refractivity contribution in [1.29, 1.82) is 0 Å². The maximum atomic E-state index is 4.31. The number of aryl methyl sites for hydroxylation is 1. The molecule has 2 rings (SSSR count). The van der Waals surface area contributed by atoms with E-state index in [9.17, 15) is 0 Å². The minimum Gasteiger partial charge on any atom is -0.338 e. The van der Waals surface area contributed by atoms with Gasteiger partial charge in [0.25, 0.3) is 0 Å². The molecule has 2 nitrogen and oxygen atoms in total. The Labute approximate surface area is 125 Å². The van der Waals surface area contributed by atoms with Crippen molar-refractivity contribution in [3.63, 3.8) is 0 Å². The third kappa shape index (κ3) is 3.30. The molecule has 1 N–H and O–H groups in total. The average molecular weight is 421 g/mol. The van der Waals surface area contributed by atoms with Gasteiger partial charge in [-0.3, -0.25) is 0 Å². The second-order valence-electron chi connectivity index (χ2n) is 3.59. The number of pyridine rings is 1. The third-order valence-electron chi connectivity index (χ3n) is 2.19. The van der Waals surface area contributed by atoms with Gasteiger partial charge >= 0.3 is 0 Å². The van der Waals surface area contributed by atoms with Crippen molar-refractivity contribution in [2.45, 2.75) is 6.92 Å². The van der Waals surface area contributed by atoms with Crippen LogP contribution in [-0.2, 0) is 0 Å². The zero-order chi connectivity index (χ0) is 12.4.